The van der Waals surface area contributed by atoms with Crippen LogP contribution < -0.4 is 0 Å². The maximum absolute atomic E-state index is 9.43. The molecule has 0 amide bonds. The van der Waals surface area contributed by atoms with Gasteiger partial charge in [0, 0.05) is 6.07 Å². The van der Waals surface area contributed by atoms with Gasteiger partial charge in [0.15, 0.2) is 0 Å². The highest BCUT2D eigenvalue weighted by Gasteiger charge is 1.96. The first-order valence-electron chi connectivity index (χ1n) is 10.4. The average Bonchev–Trinajstić information content (AvgIpc) is 2.57. The molecule has 142 valence electrons. The summed E-state index contributed by atoms with van der Waals surface area (Å²) in [6.07, 6.45) is 23.1. The number of unbranched alkanes of at least 4 members (excludes halogenated alkanes) is 13. The van der Waals surface area contributed by atoms with Gasteiger partial charge in [-0.25, -0.2) is 0 Å². The molecule has 2 nitrogen and oxygen atoms in total. The first kappa shape index (κ1) is 21.6. The summed E-state index contributed by atoms with van der Waals surface area (Å²) in [5, 5.41) is 18.9. The molecular formula is C23H38O2. The van der Waals surface area contributed by atoms with E-state index in [0.29, 0.717) is 0 Å². The van der Waals surface area contributed by atoms with Crippen molar-refractivity contribution in [3.05, 3.63) is 29.8 Å². The Hall–Kier alpha value is -1.44. The Labute approximate surface area is 155 Å². The van der Waals surface area contributed by atoms with Crippen LogP contribution in [0.1, 0.15) is 102 Å². The molecule has 0 aliphatic heterocycles. The minimum absolute atomic E-state index is 0.112. The normalized spacial score (nSPS) is 11.4. The van der Waals surface area contributed by atoms with Crippen LogP contribution in [-0.2, 0) is 0 Å². The Kier molecular flexibility index (Phi) is 12.8. The monoisotopic (exact) mass is 346 g/mol. The van der Waals surface area contributed by atoms with E-state index in [2.05, 4.69) is 13.0 Å². The summed E-state index contributed by atoms with van der Waals surface area (Å²) in [5.41, 5.74) is 0.854. The maximum Gasteiger partial charge on any atom is 0.119 e. The standard InChI is InChI=1S/C23H38O2/c1-2-3-4-5-6-7-8-9-10-11-12-13-14-15-16-17-21-18-22(24)20-23(25)19-21/h16-20,24-25H,2-15H2,1H3. The molecule has 0 aromatic heterocycles. The van der Waals surface area contributed by atoms with Crippen molar-refractivity contribution in [3.63, 3.8) is 0 Å². The lowest BCUT2D eigenvalue weighted by Gasteiger charge is -2.02. The fourth-order valence-corrected chi connectivity index (χ4v) is 3.21. The lowest BCUT2D eigenvalue weighted by molar-refractivity contribution is 0.450. The summed E-state index contributed by atoms with van der Waals surface area (Å²) in [6, 6.07) is 4.68. The Morgan fingerprint density at radius 1 is 0.640 bits per heavy atom. The van der Waals surface area contributed by atoms with E-state index in [1.807, 2.05) is 6.08 Å². The summed E-state index contributed by atoms with van der Waals surface area (Å²) in [7, 11) is 0. The third-order valence-corrected chi connectivity index (χ3v) is 4.71. The van der Waals surface area contributed by atoms with Crippen LogP contribution in [0.5, 0.6) is 11.5 Å². The Bertz CT molecular complexity index is 445. The second-order valence-electron chi connectivity index (χ2n) is 7.22. The lowest BCUT2D eigenvalue weighted by atomic mass is 10.0. The van der Waals surface area contributed by atoms with E-state index in [0.717, 1.165) is 12.0 Å². The zero-order valence-corrected chi connectivity index (χ0v) is 16.2. The predicted octanol–water partition coefficient (Wildman–Crippen LogP) is 7.59. The van der Waals surface area contributed by atoms with Gasteiger partial charge in [-0.2, -0.15) is 0 Å². The zero-order valence-electron chi connectivity index (χ0n) is 16.2. The Morgan fingerprint density at radius 2 is 1.08 bits per heavy atom. The Morgan fingerprint density at radius 3 is 1.56 bits per heavy atom. The average molecular weight is 347 g/mol. The maximum atomic E-state index is 9.43. The van der Waals surface area contributed by atoms with Gasteiger partial charge >= 0.3 is 0 Å². The highest BCUT2D eigenvalue weighted by atomic mass is 16.3. The molecule has 1 aromatic carbocycles. The molecule has 1 rings (SSSR count). The molecule has 0 atom stereocenters. The summed E-state index contributed by atoms with van der Waals surface area (Å²) in [6.45, 7) is 2.27. The number of benzene rings is 1. The van der Waals surface area contributed by atoms with Gasteiger partial charge in [0.2, 0.25) is 0 Å². The van der Waals surface area contributed by atoms with Crippen LogP contribution in [0.25, 0.3) is 6.08 Å². The number of allylic oxidation sites excluding steroid dienone is 1. The number of aromatic hydroxyl groups is 2. The van der Waals surface area contributed by atoms with E-state index in [1.165, 1.54) is 89.5 Å². The predicted molar refractivity (Wildman–Crippen MR) is 109 cm³/mol. The third kappa shape index (κ3) is 12.6. The highest BCUT2D eigenvalue weighted by molar-refractivity contribution is 5.54. The van der Waals surface area contributed by atoms with Gasteiger partial charge in [-0.15, -0.1) is 0 Å². The van der Waals surface area contributed by atoms with Crippen LogP contribution in [0.2, 0.25) is 0 Å². The van der Waals surface area contributed by atoms with E-state index >= 15 is 0 Å². The zero-order chi connectivity index (χ0) is 18.2. The van der Waals surface area contributed by atoms with E-state index in [4.69, 9.17) is 0 Å². The van der Waals surface area contributed by atoms with Gasteiger partial charge in [0.1, 0.15) is 11.5 Å². The molecule has 0 aliphatic carbocycles. The molecule has 0 saturated carbocycles. The van der Waals surface area contributed by atoms with Crippen molar-refractivity contribution >= 4 is 6.08 Å². The molecule has 0 radical (unpaired) electrons. The molecule has 1 aromatic rings. The van der Waals surface area contributed by atoms with Gasteiger partial charge in [-0.1, -0.05) is 96.1 Å². The fourth-order valence-electron chi connectivity index (χ4n) is 3.21. The van der Waals surface area contributed by atoms with E-state index in [-0.39, 0.29) is 11.5 Å². The van der Waals surface area contributed by atoms with Crippen LogP contribution in [0.3, 0.4) is 0 Å². The fraction of sp³-hybridized carbons (Fsp3) is 0.652. The molecule has 2 heteroatoms. The molecule has 25 heavy (non-hydrogen) atoms. The van der Waals surface area contributed by atoms with Crippen molar-refractivity contribution in [1.82, 2.24) is 0 Å². The molecule has 0 unspecified atom stereocenters. The number of hydrogen-bond acceptors (Lipinski definition) is 2. The second kappa shape index (κ2) is 14.9. The molecule has 2 N–H and O–H groups in total. The first-order valence-corrected chi connectivity index (χ1v) is 10.4. The van der Waals surface area contributed by atoms with Gasteiger partial charge in [0.25, 0.3) is 0 Å². The van der Waals surface area contributed by atoms with Crippen molar-refractivity contribution in [1.29, 1.82) is 0 Å². The smallest absolute Gasteiger partial charge is 0.119 e. The van der Waals surface area contributed by atoms with Crippen LogP contribution >= 0.6 is 0 Å². The third-order valence-electron chi connectivity index (χ3n) is 4.71. The van der Waals surface area contributed by atoms with Gasteiger partial charge in [-0.3, -0.25) is 0 Å². The minimum atomic E-state index is 0.112. The van der Waals surface area contributed by atoms with Crippen molar-refractivity contribution in [2.45, 2.75) is 96.8 Å². The molecule has 0 saturated heterocycles. The summed E-state index contributed by atoms with van der Waals surface area (Å²) in [4.78, 5) is 0. The van der Waals surface area contributed by atoms with Crippen LogP contribution in [0.15, 0.2) is 24.3 Å². The second-order valence-corrected chi connectivity index (χ2v) is 7.22. The van der Waals surface area contributed by atoms with Gasteiger partial charge < -0.3 is 10.2 Å². The molecular weight excluding hydrogens is 308 g/mol. The molecule has 0 aliphatic rings. The summed E-state index contributed by atoms with van der Waals surface area (Å²) >= 11 is 0. The van der Waals surface area contributed by atoms with E-state index < -0.39 is 0 Å². The number of phenols is 2. The van der Waals surface area contributed by atoms with Gasteiger partial charge in [0.05, 0.1) is 0 Å². The number of rotatable bonds is 15. The van der Waals surface area contributed by atoms with E-state index in [1.54, 1.807) is 12.1 Å². The summed E-state index contributed by atoms with van der Waals surface area (Å²) in [5.74, 6) is 0.223. The molecule has 0 fully saturated rings. The van der Waals surface area contributed by atoms with Crippen LogP contribution in [0.4, 0.5) is 0 Å². The molecule has 0 spiro atoms. The minimum Gasteiger partial charge on any atom is -0.508 e. The van der Waals surface area contributed by atoms with Crippen LogP contribution in [0, 0.1) is 0 Å². The number of hydrogen-bond donors (Lipinski definition) is 2. The molecule has 0 bridgehead atoms. The van der Waals surface area contributed by atoms with Gasteiger partial charge in [-0.05, 0) is 30.5 Å². The Balaban J connectivity index is 1.88. The van der Waals surface area contributed by atoms with Crippen molar-refractivity contribution < 1.29 is 10.2 Å². The topological polar surface area (TPSA) is 40.5 Å². The molecule has 0 heterocycles. The van der Waals surface area contributed by atoms with Crippen LogP contribution in [-0.4, -0.2) is 10.2 Å². The van der Waals surface area contributed by atoms with Crippen molar-refractivity contribution in [3.8, 4) is 11.5 Å². The lowest BCUT2D eigenvalue weighted by Crippen LogP contribution is -1.82. The SMILES string of the molecule is CCCCCCCCCCCCCCCC=Cc1cc(O)cc(O)c1. The van der Waals surface area contributed by atoms with Crippen molar-refractivity contribution in [2.24, 2.45) is 0 Å². The largest absolute Gasteiger partial charge is 0.508 e. The first-order chi connectivity index (χ1) is 12.2. The number of phenolic OH excluding ortho intramolecular Hbond substituents is 2. The quantitative estimate of drug-likeness (QED) is 0.321. The highest BCUT2D eigenvalue weighted by Crippen LogP contribution is 2.21. The van der Waals surface area contributed by atoms with Crippen molar-refractivity contribution in [2.75, 3.05) is 0 Å². The summed E-state index contributed by atoms with van der Waals surface area (Å²) < 4.78 is 0. The van der Waals surface area contributed by atoms with E-state index in [9.17, 15) is 10.2 Å².